The van der Waals surface area contributed by atoms with Crippen LogP contribution in [0, 0.1) is 13.0 Å². The number of rotatable bonds is 6. The first-order valence-electron chi connectivity index (χ1n) is 7.28. The number of aliphatic hydroxyl groups is 2. The van der Waals surface area contributed by atoms with Crippen LogP contribution < -0.4 is 4.74 Å². The van der Waals surface area contributed by atoms with Crippen LogP contribution in [-0.4, -0.2) is 54.1 Å². The molecule has 141 valence electrons. The molecule has 8 heteroatoms. The van der Waals surface area contributed by atoms with Crippen molar-refractivity contribution in [1.82, 2.24) is 9.97 Å². The fourth-order valence-electron chi connectivity index (χ4n) is 1.69. The molecule has 0 amide bonds. The minimum Gasteiger partial charge on any atom is -0.486 e. The molecule has 2 atom stereocenters. The van der Waals surface area contributed by atoms with E-state index in [0.717, 1.165) is 17.0 Å². The predicted octanol–water partition coefficient (Wildman–Crippen LogP) is 1.56. The van der Waals surface area contributed by atoms with Crippen LogP contribution in [0.5, 0.6) is 5.88 Å². The van der Waals surface area contributed by atoms with Crippen LogP contribution in [0.25, 0.3) is 11.3 Å². The van der Waals surface area contributed by atoms with Crippen LogP contribution >= 0.6 is 0 Å². The summed E-state index contributed by atoms with van der Waals surface area (Å²) in [6.45, 7) is 1.88. The summed E-state index contributed by atoms with van der Waals surface area (Å²) in [7, 11) is 4.30. The monoisotopic (exact) mass is 528 g/mol. The molecule has 25 heavy (non-hydrogen) atoms. The van der Waals surface area contributed by atoms with Crippen LogP contribution in [-0.2, 0) is 29.6 Å². The van der Waals surface area contributed by atoms with E-state index in [1.807, 2.05) is 31.2 Å². The van der Waals surface area contributed by atoms with Crippen LogP contribution in [0.15, 0.2) is 30.5 Å². The Hall–Kier alpha value is -1.41. The van der Waals surface area contributed by atoms with E-state index in [1.54, 1.807) is 13.3 Å². The SMILES string of the molecule is COC(O)CC(O)OC.COc1nc(C)cnc1-c1[c-]cccc1.[Ir]. The van der Waals surface area contributed by atoms with Crippen molar-refractivity contribution in [2.45, 2.75) is 25.9 Å². The minimum absolute atomic E-state index is 0. The summed E-state index contributed by atoms with van der Waals surface area (Å²) in [5, 5.41) is 17.4. The molecule has 0 aliphatic carbocycles. The number of nitrogens with zero attached hydrogens (tertiary/aromatic N) is 2. The number of benzene rings is 1. The Balaban J connectivity index is 0.000000504. The summed E-state index contributed by atoms with van der Waals surface area (Å²) >= 11 is 0. The molecular formula is C17H23IrN2O5-. The van der Waals surface area contributed by atoms with E-state index in [-0.39, 0.29) is 26.5 Å². The van der Waals surface area contributed by atoms with Gasteiger partial charge in [-0.15, -0.1) is 35.9 Å². The van der Waals surface area contributed by atoms with Gasteiger partial charge < -0.3 is 24.4 Å². The maximum Gasteiger partial charge on any atom is 0.194 e. The third-order valence-electron chi connectivity index (χ3n) is 2.97. The molecule has 0 fully saturated rings. The van der Waals surface area contributed by atoms with Gasteiger partial charge in [-0.2, -0.15) is 0 Å². The first-order chi connectivity index (χ1) is 11.5. The molecule has 0 saturated heterocycles. The summed E-state index contributed by atoms with van der Waals surface area (Å²) < 4.78 is 14.1. The molecule has 2 aromatic rings. The van der Waals surface area contributed by atoms with E-state index in [0.29, 0.717) is 5.88 Å². The Bertz CT molecular complexity index is 593. The van der Waals surface area contributed by atoms with Crippen molar-refractivity contribution >= 4 is 0 Å². The summed E-state index contributed by atoms with van der Waals surface area (Å²) in [5.41, 5.74) is 2.46. The van der Waals surface area contributed by atoms with E-state index >= 15 is 0 Å². The largest absolute Gasteiger partial charge is 0.486 e. The molecule has 2 rings (SSSR count). The molecule has 7 nitrogen and oxygen atoms in total. The number of aliphatic hydroxyl groups excluding tert-OH is 2. The van der Waals surface area contributed by atoms with Gasteiger partial charge in [-0.1, -0.05) is 0 Å². The first kappa shape index (κ1) is 23.6. The Kier molecular flexibility index (Phi) is 12.2. The number of aromatic nitrogens is 2. The molecule has 1 radical (unpaired) electrons. The quantitative estimate of drug-likeness (QED) is 0.435. The Morgan fingerprint density at radius 2 is 1.76 bits per heavy atom. The molecular weight excluding hydrogens is 504 g/mol. The number of ether oxygens (including phenoxy) is 3. The van der Waals surface area contributed by atoms with Gasteiger partial charge in [0.25, 0.3) is 0 Å². The molecule has 0 aliphatic rings. The predicted molar refractivity (Wildman–Crippen MR) is 88.2 cm³/mol. The summed E-state index contributed by atoms with van der Waals surface area (Å²) in [4.78, 5) is 8.56. The Morgan fingerprint density at radius 3 is 2.24 bits per heavy atom. The van der Waals surface area contributed by atoms with Gasteiger partial charge >= 0.3 is 0 Å². The maximum atomic E-state index is 8.70. The van der Waals surface area contributed by atoms with Gasteiger partial charge in [0.1, 0.15) is 0 Å². The fourth-order valence-corrected chi connectivity index (χ4v) is 1.69. The Morgan fingerprint density at radius 1 is 1.12 bits per heavy atom. The van der Waals surface area contributed by atoms with Crippen molar-refractivity contribution in [3.05, 3.63) is 42.2 Å². The topological polar surface area (TPSA) is 93.9 Å². The normalized spacial score (nSPS) is 12.2. The molecule has 2 unspecified atom stereocenters. The van der Waals surface area contributed by atoms with E-state index in [1.165, 1.54) is 14.2 Å². The van der Waals surface area contributed by atoms with Gasteiger partial charge in [0, 0.05) is 52.6 Å². The molecule has 0 saturated carbocycles. The summed E-state index contributed by atoms with van der Waals surface area (Å²) in [6.07, 6.45) is -0.0917. The van der Waals surface area contributed by atoms with E-state index in [2.05, 4.69) is 25.5 Å². The molecule has 1 aromatic carbocycles. The Labute approximate surface area is 161 Å². The second kappa shape index (κ2) is 12.9. The third-order valence-corrected chi connectivity index (χ3v) is 2.97. The standard InChI is InChI=1S/C12H11N2O.C5H12O4.Ir/c1-9-8-13-11(12(14-9)15-2)10-6-4-3-5-7-10;1-8-4(6)3-5(7)9-2;/h3-6,8H,1-2H3;4-7H,3H2,1-2H3;/q-1;;. The van der Waals surface area contributed by atoms with Crippen molar-refractivity contribution in [3.63, 3.8) is 0 Å². The average Bonchev–Trinajstić information content (AvgIpc) is 2.62. The van der Waals surface area contributed by atoms with E-state index < -0.39 is 12.6 Å². The van der Waals surface area contributed by atoms with Crippen molar-refractivity contribution < 1.29 is 44.5 Å². The maximum absolute atomic E-state index is 8.70. The number of hydrogen-bond donors (Lipinski definition) is 2. The summed E-state index contributed by atoms with van der Waals surface area (Å²) in [5.74, 6) is 0.539. The van der Waals surface area contributed by atoms with Crippen molar-refractivity contribution in [2.24, 2.45) is 0 Å². The zero-order chi connectivity index (χ0) is 17.9. The van der Waals surface area contributed by atoms with Gasteiger partial charge in [0.15, 0.2) is 18.5 Å². The van der Waals surface area contributed by atoms with E-state index in [9.17, 15) is 0 Å². The molecule has 0 bridgehead atoms. The van der Waals surface area contributed by atoms with Gasteiger partial charge in [0.05, 0.1) is 12.8 Å². The molecule has 0 spiro atoms. The first-order valence-corrected chi connectivity index (χ1v) is 7.28. The number of methoxy groups -OCH3 is 3. The minimum atomic E-state index is -0.944. The fraction of sp³-hybridized carbons (Fsp3) is 0.412. The van der Waals surface area contributed by atoms with Gasteiger partial charge in [-0.25, -0.2) is 4.98 Å². The van der Waals surface area contributed by atoms with Crippen molar-refractivity contribution in [2.75, 3.05) is 21.3 Å². The molecule has 1 heterocycles. The zero-order valence-corrected chi connectivity index (χ0v) is 17.0. The molecule has 0 aliphatic heterocycles. The van der Waals surface area contributed by atoms with Gasteiger partial charge in [-0.3, -0.25) is 4.98 Å². The van der Waals surface area contributed by atoms with Crippen LogP contribution in [0.2, 0.25) is 0 Å². The number of aryl methyl sites for hydroxylation is 1. The van der Waals surface area contributed by atoms with Crippen molar-refractivity contribution in [3.8, 4) is 17.1 Å². The van der Waals surface area contributed by atoms with E-state index in [4.69, 9.17) is 14.9 Å². The van der Waals surface area contributed by atoms with Crippen LogP contribution in [0.4, 0.5) is 0 Å². The van der Waals surface area contributed by atoms with Crippen LogP contribution in [0.3, 0.4) is 0 Å². The summed E-state index contributed by atoms with van der Waals surface area (Å²) in [6, 6.07) is 10.7. The second-order valence-electron chi connectivity index (χ2n) is 4.76. The third kappa shape index (κ3) is 8.49. The van der Waals surface area contributed by atoms with Crippen molar-refractivity contribution in [1.29, 1.82) is 0 Å². The second-order valence-corrected chi connectivity index (χ2v) is 4.76. The van der Waals surface area contributed by atoms with Gasteiger partial charge in [0.2, 0.25) is 0 Å². The smallest absolute Gasteiger partial charge is 0.194 e. The zero-order valence-electron chi connectivity index (χ0n) is 14.6. The van der Waals surface area contributed by atoms with Gasteiger partial charge in [-0.05, 0) is 6.92 Å². The molecule has 2 N–H and O–H groups in total. The van der Waals surface area contributed by atoms with Crippen LogP contribution in [0.1, 0.15) is 12.1 Å². The number of hydrogen-bond acceptors (Lipinski definition) is 7. The average molecular weight is 528 g/mol. The molecule has 1 aromatic heterocycles.